The SMILES string of the molecule is CCS(=O)(=O)c1ccc(NC(=O)c2cccnc2SCC(=O)Nc2ccc3c(c2)OCO3)cc1. The molecule has 3 aromatic rings. The smallest absolute Gasteiger partial charge is 0.258 e. The lowest BCUT2D eigenvalue weighted by atomic mass is 10.2. The minimum absolute atomic E-state index is 0.00276. The summed E-state index contributed by atoms with van der Waals surface area (Å²) in [5, 5.41) is 5.91. The normalized spacial score (nSPS) is 12.3. The van der Waals surface area contributed by atoms with E-state index in [1.807, 2.05) is 0 Å². The molecular weight excluding hydrogens is 478 g/mol. The fourth-order valence-electron chi connectivity index (χ4n) is 3.09. The van der Waals surface area contributed by atoms with Crippen molar-refractivity contribution in [3.05, 3.63) is 66.4 Å². The van der Waals surface area contributed by atoms with Crippen molar-refractivity contribution in [2.75, 3.05) is 28.9 Å². The van der Waals surface area contributed by atoms with Crippen LogP contribution in [0.5, 0.6) is 11.5 Å². The molecule has 176 valence electrons. The monoisotopic (exact) mass is 499 g/mol. The van der Waals surface area contributed by atoms with Crippen molar-refractivity contribution in [2.45, 2.75) is 16.8 Å². The molecule has 0 fully saturated rings. The summed E-state index contributed by atoms with van der Waals surface area (Å²) in [6.45, 7) is 1.72. The zero-order valence-corrected chi connectivity index (χ0v) is 19.7. The third-order valence-electron chi connectivity index (χ3n) is 4.86. The number of fused-ring (bicyclic) bond motifs is 1. The van der Waals surface area contributed by atoms with Gasteiger partial charge in [-0.25, -0.2) is 13.4 Å². The maximum atomic E-state index is 12.8. The molecule has 2 aromatic carbocycles. The van der Waals surface area contributed by atoms with Gasteiger partial charge in [-0.3, -0.25) is 9.59 Å². The van der Waals surface area contributed by atoms with Crippen molar-refractivity contribution < 1.29 is 27.5 Å². The van der Waals surface area contributed by atoms with E-state index in [-0.39, 0.29) is 29.1 Å². The zero-order chi connectivity index (χ0) is 24.1. The first-order valence-electron chi connectivity index (χ1n) is 10.3. The molecule has 9 nitrogen and oxygen atoms in total. The van der Waals surface area contributed by atoms with Crippen LogP contribution in [-0.4, -0.2) is 43.5 Å². The molecule has 0 unspecified atom stereocenters. The van der Waals surface area contributed by atoms with Crippen molar-refractivity contribution >= 4 is 44.8 Å². The molecule has 0 atom stereocenters. The molecule has 0 saturated heterocycles. The van der Waals surface area contributed by atoms with Crippen LogP contribution in [0, 0.1) is 0 Å². The minimum atomic E-state index is -3.32. The first-order chi connectivity index (χ1) is 16.4. The van der Waals surface area contributed by atoms with Crippen LogP contribution >= 0.6 is 11.8 Å². The number of rotatable bonds is 8. The van der Waals surface area contributed by atoms with Crippen LogP contribution in [0.1, 0.15) is 17.3 Å². The Morgan fingerprint density at radius 3 is 2.50 bits per heavy atom. The van der Waals surface area contributed by atoms with Gasteiger partial charge >= 0.3 is 0 Å². The van der Waals surface area contributed by atoms with Crippen LogP contribution < -0.4 is 20.1 Å². The van der Waals surface area contributed by atoms with Gasteiger partial charge in [-0.15, -0.1) is 0 Å². The van der Waals surface area contributed by atoms with E-state index >= 15 is 0 Å². The van der Waals surface area contributed by atoms with Gasteiger partial charge in [-0.05, 0) is 48.5 Å². The van der Waals surface area contributed by atoms with Gasteiger partial charge in [0.2, 0.25) is 12.7 Å². The molecule has 2 heterocycles. The van der Waals surface area contributed by atoms with E-state index in [1.165, 1.54) is 24.3 Å². The molecule has 0 radical (unpaired) electrons. The summed E-state index contributed by atoms with van der Waals surface area (Å²) in [5.41, 5.74) is 1.32. The number of carbonyl (C=O) groups is 2. The Bertz CT molecular complexity index is 1330. The lowest BCUT2D eigenvalue weighted by Gasteiger charge is -2.10. The van der Waals surface area contributed by atoms with Crippen LogP contribution in [0.15, 0.2) is 70.7 Å². The average molecular weight is 500 g/mol. The van der Waals surface area contributed by atoms with Crippen LogP contribution in [-0.2, 0) is 14.6 Å². The minimum Gasteiger partial charge on any atom is -0.454 e. The van der Waals surface area contributed by atoms with E-state index in [0.29, 0.717) is 33.5 Å². The number of hydrogen-bond donors (Lipinski definition) is 2. The number of thioether (sulfide) groups is 1. The molecule has 0 saturated carbocycles. The van der Waals surface area contributed by atoms with Crippen LogP contribution in [0.2, 0.25) is 0 Å². The predicted octanol–water partition coefficient (Wildman–Crippen LogP) is 3.59. The topological polar surface area (TPSA) is 124 Å². The fourth-order valence-corrected chi connectivity index (χ4v) is 4.77. The Hall–Kier alpha value is -3.57. The Morgan fingerprint density at radius 2 is 1.74 bits per heavy atom. The number of ether oxygens (including phenoxy) is 2. The quantitative estimate of drug-likeness (QED) is 0.451. The summed E-state index contributed by atoms with van der Waals surface area (Å²) in [6.07, 6.45) is 1.54. The predicted molar refractivity (Wildman–Crippen MR) is 128 cm³/mol. The van der Waals surface area contributed by atoms with Gasteiger partial charge in [0, 0.05) is 23.6 Å². The number of benzene rings is 2. The molecule has 0 spiro atoms. The summed E-state index contributed by atoms with van der Waals surface area (Å²) in [7, 11) is -3.32. The summed E-state index contributed by atoms with van der Waals surface area (Å²) < 4.78 is 34.5. The summed E-state index contributed by atoms with van der Waals surface area (Å²) in [5.74, 6) is 0.533. The van der Waals surface area contributed by atoms with Crippen LogP contribution in [0.3, 0.4) is 0 Å². The molecule has 0 aliphatic carbocycles. The number of hydrogen-bond acceptors (Lipinski definition) is 8. The second kappa shape index (κ2) is 10.1. The lowest BCUT2D eigenvalue weighted by molar-refractivity contribution is -0.113. The highest BCUT2D eigenvalue weighted by atomic mass is 32.2. The summed E-state index contributed by atoms with van der Waals surface area (Å²) in [4.78, 5) is 29.6. The molecule has 1 aromatic heterocycles. The van der Waals surface area contributed by atoms with Crippen molar-refractivity contribution in [2.24, 2.45) is 0 Å². The standard InChI is InChI=1S/C23H21N3O6S2/c1-2-34(29,30)17-8-5-15(6-9-17)26-22(28)18-4-3-11-24-23(18)33-13-21(27)25-16-7-10-19-20(12-16)32-14-31-19/h3-12H,2,13-14H2,1H3,(H,25,27)(H,26,28). The molecule has 0 bridgehead atoms. The molecule has 4 rings (SSSR count). The largest absolute Gasteiger partial charge is 0.454 e. The second-order valence-electron chi connectivity index (χ2n) is 7.14. The number of anilines is 2. The van der Waals surface area contributed by atoms with Crippen LogP contribution in [0.25, 0.3) is 0 Å². The van der Waals surface area contributed by atoms with Gasteiger partial charge in [0.25, 0.3) is 5.91 Å². The highest BCUT2D eigenvalue weighted by Gasteiger charge is 2.17. The molecule has 34 heavy (non-hydrogen) atoms. The molecule has 11 heteroatoms. The highest BCUT2D eigenvalue weighted by Crippen LogP contribution is 2.34. The number of pyridine rings is 1. The Kier molecular flexibility index (Phi) is 7.03. The van der Waals surface area contributed by atoms with Gasteiger partial charge in [0.15, 0.2) is 21.3 Å². The van der Waals surface area contributed by atoms with E-state index in [4.69, 9.17) is 9.47 Å². The van der Waals surface area contributed by atoms with E-state index < -0.39 is 15.7 Å². The fraction of sp³-hybridized carbons (Fsp3) is 0.174. The maximum Gasteiger partial charge on any atom is 0.258 e. The number of aromatic nitrogens is 1. The molecule has 2 N–H and O–H groups in total. The average Bonchev–Trinajstić information content (AvgIpc) is 3.31. The second-order valence-corrected chi connectivity index (χ2v) is 10.4. The van der Waals surface area contributed by atoms with Gasteiger partial charge in [-0.2, -0.15) is 0 Å². The summed E-state index contributed by atoms with van der Waals surface area (Å²) in [6, 6.07) is 14.3. The lowest BCUT2D eigenvalue weighted by Crippen LogP contribution is -2.16. The van der Waals surface area contributed by atoms with Gasteiger partial charge in [0.1, 0.15) is 5.03 Å². The number of sulfone groups is 1. The number of nitrogens with zero attached hydrogens (tertiary/aromatic N) is 1. The van der Waals surface area contributed by atoms with E-state index in [0.717, 1.165) is 11.8 Å². The third-order valence-corrected chi connectivity index (χ3v) is 7.62. The van der Waals surface area contributed by atoms with E-state index in [9.17, 15) is 18.0 Å². The van der Waals surface area contributed by atoms with Crippen molar-refractivity contribution in [1.29, 1.82) is 0 Å². The number of amides is 2. The Balaban J connectivity index is 1.38. The Morgan fingerprint density at radius 1 is 1.00 bits per heavy atom. The zero-order valence-electron chi connectivity index (χ0n) is 18.1. The summed E-state index contributed by atoms with van der Waals surface area (Å²) >= 11 is 1.13. The van der Waals surface area contributed by atoms with Crippen molar-refractivity contribution in [1.82, 2.24) is 4.98 Å². The first-order valence-corrected chi connectivity index (χ1v) is 12.9. The van der Waals surface area contributed by atoms with Gasteiger partial charge in [0.05, 0.1) is 22.0 Å². The highest BCUT2D eigenvalue weighted by molar-refractivity contribution is 8.00. The number of carbonyl (C=O) groups excluding carboxylic acids is 2. The van der Waals surface area contributed by atoms with Gasteiger partial charge in [-0.1, -0.05) is 18.7 Å². The first kappa shape index (κ1) is 23.6. The number of nitrogens with one attached hydrogen (secondary N) is 2. The van der Waals surface area contributed by atoms with E-state index in [2.05, 4.69) is 15.6 Å². The Labute approximate surface area is 200 Å². The molecule has 2 amide bonds. The molecule has 1 aliphatic heterocycles. The van der Waals surface area contributed by atoms with Crippen molar-refractivity contribution in [3.8, 4) is 11.5 Å². The van der Waals surface area contributed by atoms with E-state index in [1.54, 1.807) is 43.5 Å². The molecule has 1 aliphatic rings. The third kappa shape index (κ3) is 5.49. The molecular formula is C23H21N3O6S2. The van der Waals surface area contributed by atoms with Crippen molar-refractivity contribution in [3.63, 3.8) is 0 Å². The van der Waals surface area contributed by atoms with Gasteiger partial charge < -0.3 is 20.1 Å². The van der Waals surface area contributed by atoms with Crippen LogP contribution in [0.4, 0.5) is 11.4 Å². The maximum absolute atomic E-state index is 12.8.